The Labute approximate surface area is 470 Å². The lowest BCUT2D eigenvalue weighted by Gasteiger charge is -2.18. The van der Waals surface area contributed by atoms with E-state index in [2.05, 4.69) is 130 Å². The molecule has 434 valence electrons. The largest absolute Gasteiger partial charge is 0.462 e. The second kappa shape index (κ2) is 63.6. The number of allylic oxidation sites excluding steroid dienone is 18. The number of carbonyl (C=O) groups is 3. The van der Waals surface area contributed by atoms with E-state index in [4.69, 9.17) is 14.2 Å². The lowest BCUT2D eigenvalue weighted by molar-refractivity contribution is -0.167. The number of esters is 3. The van der Waals surface area contributed by atoms with Crippen LogP contribution in [0.1, 0.15) is 297 Å². The first kappa shape index (κ1) is 72.1. The molecule has 0 saturated carbocycles. The van der Waals surface area contributed by atoms with Gasteiger partial charge in [0, 0.05) is 19.3 Å². The molecule has 0 saturated heterocycles. The molecular weight excluding hydrogens is 937 g/mol. The summed E-state index contributed by atoms with van der Waals surface area (Å²) < 4.78 is 16.9. The molecule has 0 aromatic carbocycles. The lowest BCUT2D eigenvalue weighted by atomic mass is 10.0. The van der Waals surface area contributed by atoms with Gasteiger partial charge in [-0.15, -0.1) is 0 Å². The number of unbranched alkanes of at least 4 members (excludes halogenated alkanes) is 28. The average molecular weight is 1060 g/mol. The van der Waals surface area contributed by atoms with Crippen LogP contribution in [0.4, 0.5) is 0 Å². The SMILES string of the molecule is CC/C=C\C/C=C\C/C=C\C/C=C\C/C=C\C/C=C\C/C=C\C/C=C\CCCCCCCCCCC(=O)OCC(COC(=O)CCCCCCC/C=C\CCCCC)OC(=O)CCCCCCCCCCCCCCC. The highest BCUT2D eigenvalue weighted by Gasteiger charge is 2.19. The molecule has 0 heterocycles. The Bertz CT molecular complexity index is 1540. The molecule has 6 heteroatoms. The molecule has 0 spiro atoms. The number of ether oxygens (including phenoxy) is 3. The Hall–Kier alpha value is -3.93. The molecule has 0 aliphatic heterocycles. The zero-order valence-electron chi connectivity index (χ0n) is 49.7. The maximum atomic E-state index is 12.8. The fourth-order valence-electron chi connectivity index (χ4n) is 8.75. The van der Waals surface area contributed by atoms with Crippen LogP contribution in [0, 0.1) is 0 Å². The van der Waals surface area contributed by atoms with Gasteiger partial charge in [0.2, 0.25) is 0 Å². The van der Waals surface area contributed by atoms with Crippen molar-refractivity contribution in [3.63, 3.8) is 0 Å². The van der Waals surface area contributed by atoms with E-state index in [9.17, 15) is 14.4 Å². The molecule has 76 heavy (non-hydrogen) atoms. The van der Waals surface area contributed by atoms with Gasteiger partial charge in [-0.05, 0) is 109 Å². The van der Waals surface area contributed by atoms with Crippen molar-refractivity contribution in [3.8, 4) is 0 Å². The van der Waals surface area contributed by atoms with Gasteiger partial charge in [0.1, 0.15) is 13.2 Å². The van der Waals surface area contributed by atoms with Gasteiger partial charge in [-0.2, -0.15) is 0 Å². The van der Waals surface area contributed by atoms with Crippen LogP contribution < -0.4 is 0 Å². The van der Waals surface area contributed by atoms with Crippen LogP contribution in [0.15, 0.2) is 109 Å². The summed E-state index contributed by atoms with van der Waals surface area (Å²) in [7, 11) is 0. The Morgan fingerprint density at radius 1 is 0.276 bits per heavy atom. The van der Waals surface area contributed by atoms with E-state index < -0.39 is 6.10 Å². The molecule has 0 rings (SSSR count). The zero-order chi connectivity index (χ0) is 55.0. The van der Waals surface area contributed by atoms with Crippen LogP contribution in [-0.2, 0) is 28.6 Å². The first-order valence-corrected chi connectivity index (χ1v) is 31.9. The van der Waals surface area contributed by atoms with Crippen molar-refractivity contribution < 1.29 is 28.6 Å². The number of hydrogen-bond donors (Lipinski definition) is 0. The van der Waals surface area contributed by atoms with E-state index in [1.807, 2.05) is 0 Å². The van der Waals surface area contributed by atoms with Crippen LogP contribution in [0.5, 0.6) is 0 Å². The second-order valence-corrected chi connectivity index (χ2v) is 20.9. The summed E-state index contributed by atoms with van der Waals surface area (Å²) in [4.78, 5) is 38.2. The van der Waals surface area contributed by atoms with Crippen LogP contribution in [0.3, 0.4) is 0 Å². The van der Waals surface area contributed by atoms with Crippen molar-refractivity contribution in [2.45, 2.75) is 303 Å². The van der Waals surface area contributed by atoms with Crippen molar-refractivity contribution in [1.29, 1.82) is 0 Å². The summed E-state index contributed by atoms with van der Waals surface area (Å²) in [6.07, 6.45) is 86.7. The van der Waals surface area contributed by atoms with Crippen molar-refractivity contribution in [2.75, 3.05) is 13.2 Å². The minimum atomic E-state index is -0.783. The third-order valence-corrected chi connectivity index (χ3v) is 13.5. The molecule has 0 fully saturated rings. The molecule has 0 amide bonds. The average Bonchev–Trinajstić information content (AvgIpc) is 3.42. The van der Waals surface area contributed by atoms with Crippen molar-refractivity contribution >= 4 is 17.9 Å². The van der Waals surface area contributed by atoms with Crippen LogP contribution in [-0.4, -0.2) is 37.2 Å². The highest BCUT2D eigenvalue weighted by Crippen LogP contribution is 2.16. The summed E-state index contributed by atoms with van der Waals surface area (Å²) in [6, 6.07) is 0. The highest BCUT2D eigenvalue weighted by atomic mass is 16.6. The van der Waals surface area contributed by atoms with Gasteiger partial charge in [-0.3, -0.25) is 14.4 Å². The number of carbonyl (C=O) groups excluding carboxylic acids is 3. The van der Waals surface area contributed by atoms with Crippen LogP contribution in [0.25, 0.3) is 0 Å². The number of hydrogen-bond acceptors (Lipinski definition) is 6. The minimum absolute atomic E-state index is 0.0823. The van der Waals surface area contributed by atoms with Gasteiger partial charge in [0.05, 0.1) is 0 Å². The smallest absolute Gasteiger partial charge is 0.306 e. The Kier molecular flexibility index (Phi) is 60.3. The monoisotopic (exact) mass is 1050 g/mol. The summed E-state index contributed by atoms with van der Waals surface area (Å²) in [5.74, 6) is -0.892. The quantitative estimate of drug-likeness (QED) is 0.0261. The summed E-state index contributed by atoms with van der Waals surface area (Å²) in [6.45, 7) is 6.50. The van der Waals surface area contributed by atoms with E-state index >= 15 is 0 Å². The number of rotatable bonds is 57. The Morgan fingerprint density at radius 2 is 0.513 bits per heavy atom. The summed E-state index contributed by atoms with van der Waals surface area (Å²) in [5, 5.41) is 0. The van der Waals surface area contributed by atoms with E-state index in [0.717, 1.165) is 122 Å². The summed E-state index contributed by atoms with van der Waals surface area (Å²) in [5.41, 5.74) is 0. The molecule has 0 N–H and O–H groups in total. The normalized spacial score (nSPS) is 12.8. The van der Waals surface area contributed by atoms with E-state index in [-0.39, 0.29) is 31.1 Å². The first-order chi connectivity index (χ1) is 37.5. The first-order valence-electron chi connectivity index (χ1n) is 31.9. The van der Waals surface area contributed by atoms with E-state index in [1.54, 1.807) is 0 Å². The fourth-order valence-corrected chi connectivity index (χ4v) is 8.75. The molecule has 0 aliphatic rings. The second-order valence-electron chi connectivity index (χ2n) is 20.9. The maximum absolute atomic E-state index is 12.8. The molecule has 0 aromatic rings. The van der Waals surface area contributed by atoms with Crippen molar-refractivity contribution in [1.82, 2.24) is 0 Å². The molecular formula is C70H118O6. The molecule has 0 radical (unpaired) electrons. The highest BCUT2D eigenvalue weighted by molar-refractivity contribution is 5.71. The summed E-state index contributed by atoms with van der Waals surface area (Å²) >= 11 is 0. The zero-order valence-corrected chi connectivity index (χ0v) is 49.7. The molecule has 0 aromatic heterocycles. The Balaban J connectivity index is 4.22. The maximum Gasteiger partial charge on any atom is 0.306 e. The molecule has 1 unspecified atom stereocenters. The fraction of sp³-hybridized carbons (Fsp3) is 0.700. The molecule has 0 bridgehead atoms. The van der Waals surface area contributed by atoms with Gasteiger partial charge in [0.25, 0.3) is 0 Å². The molecule has 0 aliphatic carbocycles. The topological polar surface area (TPSA) is 78.9 Å². The predicted molar refractivity (Wildman–Crippen MR) is 330 cm³/mol. The van der Waals surface area contributed by atoms with Crippen LogP contribution in [0.2, 0.25) is 0 Å². The van der Waals surface area contributed by atoms with Gasteiger partial charge in [-0.25, -0.2) is 0 Å². The van der Waals surface area contributed by atoms with Crippen molar-refractivity contribution in [2.24, 2.45) is 0 Å². The Morgan fingerprint density at radius 3 is 0.842 bits per heavy atom. The van der Waals surface area contributed by atoms with Gasteiger partial charge in [0.15, 0.2) is 6.10 Å². The third kappa shape index (κ3) is 60.9. The van der Waals surface area contributed by atoms with E-state index in [0.29, 0.717) is 19.3 Å². The predicted octanol–water partition coefficient (Wildman–Crippen LogP) is 21.8. The van der Waals surface area contributed by atoms with Gasteiger partial charge in [-0.1, -0.05) is 278 Å². The van der Waals surface area contributed by atoms with E-state index in [1.165, 1.54) is 135 Å². The standard InChI is InChI=1S/C70H118O6/c1-4-7-10-13-16-19-22-25-26-27-28-29-30-31-32-33-34-35-36-37-38-39-40-41-42-43-44-46-48-51-54-57-60-63-69(72)75-66-67(65-74-68(71)62-59-56-53-50-47-24-21-18-15-12-9-6-3)76-70(73)64-61-58-55-52-49-45-23-20-17-14-11-8-5-2/h7,10,16,18-19,21,25-26,28-29,31-32,34-35,37-38,40-41,67H,4-6,8-9,11-15,17,20,22-24,27,30,33,36,39,42-66H2,1-3H3/b10-7-,19-16-,21-18-,26-25-,29-28-,32-31-,35-34-,38-37-,41-40-. The molecule has 6 nitrogen and oxygen atoms in total. The van der Waals surface area contributed by atoms with Gasteiger partial charge >= 0.3 is 17.9 Å². The lowest BCUT2D eigenvalue weighted by Crippen LogP contribution is -2.30. The minimum Gasteiger partial charge on any atom is -0.462 e. The third-order valence-electron chi connectivity index (χ3n) is 13.5. The van der Waals surface area contributed by atoms with Gasteiger partial charge < -0.3 is 14.2 Å². The van der Waals surface area contributed by atoms with Crippen molar-refractivity contribution in [3.05, 3.63) is 109 Å². The molecule has 1 atom stereocenters. The van der Waals surface area contributed by atoms with Crippen LogP contribution >= 0.6 is 0 Å².